The molecule has 31 heavy (non-hydrogen) atoms. The van der Waals surface area contributed by atoms with Gasteiger partial charge in [0.05, 0.1) is 11.6 Å². The highest BCUT2D eigenvalue weighted by atomic mass is 14.9. The van der Waals surface area contributed by atoms with Gasteiger partial charge in [-0.25, -0.2) is 9.97 Å². The molecule has 0 amide bonds. The zero-order valence-corrected chi connectivity index (χ0v) is 18.4. The van der Waals surface area contributed by atoms with E-state index < -0.39 is 0 Å². The van der Waals surface area contributed by atoms with Crippen molar-refractivity contribution in [2.75, 3.05) is 0 Å². The predicted molar refractivity (Wildman–Crippen MR) is 126 cm³/mol. The second-order valence-corrected chi connectivity index (χ2v) is 8.82. The first-order valence-corrected chi connectivity index (χ1v) is 11.7. The van der Waals surface area contributed by atoms with Gasteiger partial charge in [-0.15, -0.1) is 0 Å². The van der Waals surface area contributed by atoms with Crippen molar-refractivity contribution >= 4 is 0 Å². The summed E-state index contributed by atoms with van der Waals surface area (Å²) in [5, 5.41) is 8.93. The van der Waals surface area contributed by atoms with Crippen molar-refractivity contribution in [2.24, 2.45) is 5.92 Å². The molecule has 158 valence electrons. The zero-order valence-electron chi connectivity index (χ0n) is 18.4. The van der Waals surface area contributed by atoms with Gasteiger partial charge in [-0.3, -0.25) is 0 Å². The number of aromatic nitrogens is 2. The number of rotatable bonds is 7. The molecule has 1 aliphatic rings. The molecular formula is C28H31N3. The lowest BCUT2D eigenvalue weighted by Gasteiger charge is -2.29. The third kappa shape index (κ3) is 5.39. The molecule has 1 fully saturated rings. The largest absolute Gasteiger partial charge is 0.236 e. The number of nitriles is 1. The van der Waals surface area contributed by atoms with Crippen LogP contribution >= 0.6 is 0 Å². The molecule has 3 heteroatoms. The molecule has 2 aromatic carbocycles. The lowest BCUT2D eigenvalue weighted by Crippen LogP contribution is -2.13. The SMILES string of the molecule is CCCCCC1CCC(c2ccc(-c3cnc(-c4ccc(C#N)cc4)nc3)cc2)CC1. The minimum Gasteiger partial charge on any atom is -0.236 e. The quantitative estimate of drug-likeness (QED) is 0.379. The Morgan fingerprint density at radius 2 is 1.45 bits per heavy atom. The molecule has 0 N–H and O–H groups in total. The second kappa shape index (κ2) is 10.4. The van der Waals surface area contributed by atoms with Crippen LogP contribution in [0.2, 0.25) is 0 Å². The van der Waals surface area contributed by atoms with Crippen LogP contribution in [0.4, 0.5) is 0 Å². The van der Waals surface area contributed by atoms with Crippen LogP contribution in [-0.2, 0) is 0 Å². The molecule has 0 radical (unpaired) electrons. The van der Waals surface area contributed by atoms with Gasteiger partial charge in [-0.1, -0.05) is 56.9 Å². The van der Waals surface area contributed by atoms with Gasteiger partial charge in [-0.05, 0) is 72.9 Å². The standard InChI is InChI=1S/C28H31N3/c1-2-3-4-5-21-6-10-23(11-7-21)24-14-16-25(17-15-24)27-19-30-28(31-20-27)26-12-8-22(18-29)9-13-26/h8-9,12-17,19-21,23H,2-7,10-11H2,1H3. The molecule has 1 saturated carbocycles. The number of hydrogen-bond donors (Lipinski definition) is 0. The summed E-state index contributed by atoms with van der Waals surface area (Å²) in [7, 11) is 0. The summed E-state index contributed by atoms with van der Waals surface area (Å²) < 4.78 is 0. The molecule has 3 nitrogen and oxygen atoms in total. The molecule has 1 aliphatic carbocycles. The minimum absolute atomic E-state index is 0.644. The Hall–Kier alpha value is -2.99. The fraction of sp³-hybridized carbons (Fsp3) is 0.393. The van der Waals surface area contributed by atoms with E-state index in [0.29, 0.717) is 17.3 Å². The van der Waals surface area contributed by atoms with Crippen molar-refractivity contribution in [3.63, 3.8) is 0 Å². The van der Waals surface area contributed by atoms with Gasteiger partial charge in [0, 0.05) is 23.5 Å². The van der Waals surface area contributed by atoms with Crippen molar-refractivity contribution in [3.05, 3.63) is 72.1 Å². The van der Waals surface area contributed by atoms with Crippen LogP contribution in [0.15, 0.2) is 60.9 Å². The van der Waals surface area contributed by atoms with E-state index in [1.807, 2.05) is 24.5 Å². The maximum absolute atomic E-state index is 8.93. The lowest BCUT2D eigenvalue weighted by atomic mass is 9.77. The molecule has 0 bridgehead atoms. The fourth-order valence-electron chi connectivity index (χ4n) is 4.74. The Labute approximate surface area is 186 Å². The number of benzene rings is 2. The Kier molecular flexibility index (Phi) is 7.10. The van der Waals surface area contributed by atoms with E-state index in [2.05, 4.69) is 47.2 Å². The molecular weight excluding hydrogens is 378 g/mol. The van der Waals surface area contributed by atoms with Crippen LogP contribution < -0.4 is 0 Å². The highest BCUT2D eigenvalue weighted by molar-refractivity contribution is 5.64. The fourth-order valence-corrected chi connectivity index (χ4v) is 4.74. The molecule has 0 spiro atoms. The van der Waals surface area contributed by atoms with Gasteiger partial charge >= 0.3 is 0 Å². The van der Waals surface area contributed by atoms with Gasteiger partial charge in [0.15, 0.2) is 5.82 Å². The maximum atomic E-state index is 8.93. The Balaban J connectivity index is 1.36. The van der Waals surface area contributed by atoms with Gasteiger partial charge in [0.2, 0.25) is 0 Å². The van der Waals surface area contributed by atoms with Crippen molar-refractivity contribution in [2.45, 2.75) is 64.2 Å². The Morgan fingerprint density at radius 1 is 0.806 bits per heavy atom. The smallest absolute Gasteiger partial charge is 0.159 e. The van der Waals surface area contributed by atoms with E-state index >= 15 is 0 Å². The van der Waals surface area contributed by atoms with Gasteiger partial charge < -0.3 is 0 Å². The van der Waals surface area contributed by atoms with Crippen molar-refractivity contribution < 1.29 is 0 Å². The van der Waals surface area contributed by atoms with Crippen LogP contribution in [0.25, 0.3) is 22.5 Å². The van der Waals surface area contributed by atoms with Crippen LogP contribution in [0.3, 0.4) is 0 Å². The van der Waals surface area contributed by atoms with Gasteiger partial charge in [0.1, 0.15) is 0 Å². The highest BCUT2D eigenvalue weighted by Gasteiger charge is 2.22. The van der Waals surface area contributed by atoms with E-state index in [4.69, 9.17) is 5.26 Å². The first-order chi connectivity index (χ1) is 15.3. The summed E-state index contributed by atoms with van der Waals surface area (Å²) in [4.78, 5) is 9.08. The van der Waals surface area contributed by atoms with Crippen LogP contribution in [-0.4, -0.2) is 9.97 Å². The van der Waals surface area contributed by atoms with E-state index in [1.54, 1.807) is 12.1 Å². The first-order valence-electron chi connectivity index (χ1n) is 11.7. The average Bonchev–Trinajstić information content (AvgIpc) is 2.85. The minimum atomic E-state index is 0.644. The van der Waals surface area contributed by atoms with Crippen LogP contribution in [0.1, 0.15) is 75.3 Å². The highest BCUT2D eigenvalue weighted by Crippen LogP contribution is 2.38. The van der Waals surface area contributed by atoms with Crippen molar-refractivity contribution in [1.29, 1.82) is 5.26 Å². The predicted octanol–water partition coefficient (Wildman–Crippen LogP) is 7.54. The molecule has 0 atom stereocenters. The van der Waals surface area contributed by atoms with Gasteiger partial charge in [-0.2, -0.15) is 5.26 Å². The summed E-state index contributed by atoms with van der Waals surface area (Å²) in [6, 6.07) is 18.5. The lowest BCUT2D eigenvalue weighted by molar-refractivity contribution is 0.303. The monoisotopic (exact) mass is 409 g/mol. The third-order valence-electron chi connectivity index (χ3n) is 6.70. The van der Waals surface area contributed by atoms with Gasteiger partial charge in [0.25, 0.3) is 0 Å². The number of unbranched alkanes of at least 4 members (excludes halogenated alkanes) is 2. The molecule has 4 rings (SSSR count). The summed E-state index contributed by atoms with van der Waals surface area (Å²) in [6.07, 6.45) is 14.8. The summed E-state index contributed by atoms with van der Waals surface area (Å²) >= 11 is 0. The normalized spacial score (nSPS) is 18.5. The summed E-state index contributed by atoms with van der Waals surface area (Å²) in [5.41, 5.74) is 5.23. The molecule has 1 aromatic heterocycles. The third-order valence-corrected chi connectivity index (χ3v) is 6.70. The van der Waals surface area contributed by atoms with E-state index in [0.717, 1.165) is 22.6 Å². The topological polar surface area (TPSA) is 49.6 Å². The molecule has 0 aliphatic heterocycles. The van der Waals surface area contributed by atoms with E-state index in [1.165, 1.54) is 56.9 Å². The summed E-state index contributed by atoms with van der Waals surface area (Å²) in [5.74, 6) is 2.35. The second-order valence-electron chi connectivity index (χ2n) is 8.82. The number of hydrogen-bond acceptors (Lipinski definition) is 3. The maximum Gasteiger partial charge on any atom is 0.159 e. The average molecular weight is 410 g/mol. The molecule has 1 heterocycles. The van der Waals surface area contributed by atoms with Crippen molar-refractivity contribution in [3.8, 4) is 28.6 Å². The molecule has 0 unspecified atom stereocenters. The number of nitrogens with zero attached hydrogens (tertiary/aromatic N) is 3. The Bertz CT molecular complexity index is 990. The molecule has 3 aromatic rings. The van der Waals surface area contributed by atoms with Crippen LogP contribution in [0.5, 0.6) is 0 Å². The van der Waals surface area contributed by atoms with E-state index in [-0.39, 0.29) is 0 Å². The Morgan fingerprint density at radius 3 is 2.06 bits per heavy atom. The van der Waals surface area contributed by atoms with Crippen molar-refractivity contribution in [1.82, 2.24) is 9.97 Å². The van der Waals surface area contributed by atoms with Crippen LogP contribution in [0, 0.1) is 17.2 Å². The molecule has 0 saturated heterocycles. The first kappa shape index (κ1) is 21.2. The summed E-state index contributed by atoms with van der Waals surface area (Å²) in [6.45, 7) is 2.29. The van der Waals surface area contributed by atoms with E-state index in [9.17, 15) is 0 Å². The zero-order chi connectivity index (χ0) is 21.5.